The van der Waals surface area contributed by atoms with E-state index in [1.165, 1.54) is 19.3 Å². The van der Waals surface area contributed by atoms with Crippen molar-refractivity contribution in [2.24, 2.45) is 5.92 Å². The summed E-state index contributed by atoms with van der Waals surface area (Å²) in [5.41, 5.74) is 0. The van der Waals surface area contributed by atoms with Crippen molar-refractivity contribution < 1.29 is 9.59 Å². The van der Waals surface area contributed by atoms with Crippen LogP contribution in [0.5, 0.6) is 0 Å². The van der Waals surface area contributed by atoms with Gasteiger partial charge in [0, 0.05) is 52.2 Å². The maximum atomic E-state index is 12.4. The van der Waals surface area contributed by atoms with Crippen LogP contribution >= 0.6 is 0 Å². The molecule has 5 nitrogen and oxygen atoms in total. The quantitative estimate of drug-likeness (QED) is 0.741. The molecule has 3 aliphatic rings. The Morgan fingerprint density at radius 3 is 2.25 bits per heavy atom. The Balaban J connectivity index is 1.48. The first kappa shape index (κ1) is 13.9. The Bertz CT molecular complexity index is 389. The van der Waals surface area contributed by atoms with E-state index in [-0.39, 0.29) is 17.7 Å². The van der Waals surface area contributed by atoms with Gasteiger partial charge in [-0.1, -0.05) is 6.42 Å². The van der Waals surface area contributed by atoms with Crippen LogP contribution in [0, 0.1) is 5.92 Å². The largest absolute Gasteiger partial charge is 0.341 e. The van der Waals surface area contributed by atoms with Crippen LogP contribution in [0.25, 0.3) is 0 Å². The summed E-state index contributed by atoms with van der Waals surface area (Å²) in [4.78, 5) is 30.0. The van der Waals surface area contributed by atoms with E-state index in [0.29, 0.717) is 13.1 Å². The summed E-state index contributed by atoms with van der Waals surface area (Å²) >= 11 is 0. The second kappa shape index (κ2) is 5.72. The van der Waals surface area contributed by atoms with Gasteiger partial charge in [-0.05, 0) is 19.3 Å². The minimum atomic E-state index is 0.0501. The molecule has 0 bridgehead atoms. The van der Waals surface area contributed by atoms with E-state index in [9.17, 15) is 9.59 Å². The molecule has 1 saturated carbocycles. The Morgan fingerprint density at radius 1 is 0.900 bits per heavy atom. The second-order valence-electron chi connectivity index (χ2n) is 6.42. The molecule has 20 heavy (non-hydrogen) atoms. The normalized spacial score (nSPS) is 25.9. The van der Waals surface area contributed by atoms with Crippen LogP contribution in [-0.4, -0.2) is 71.8 Å². The fraction of sp³-hybridized carbons (Fsp3) is 0.867. The molecule has 0 atom stereocenters. The van der Waals surface area contributed by atoms with Gasteiger partial charge in [0.05, 0.1) is 5.92 Å². The molecule has 0 N–H and O–H groups in total. The number of rotatable bonds is 2. The number of likely N-dealkylation sites (tertiary alicyclic amines) is 1. The van der Waals surface area contributed by atoms with Gasteiger partial charge in [-0.25, -0.2) is 0 Å². The summed E-state index contributed by atoms with van der Waals surface area (Å²) in [6.07, 6.45) is 5.13. The highest BCUT2D eigenvalue weighted by Crippen LogP contribution is 2.26. The maximum absolute atomic E-state index is 12.4. The summed E-state index contributed by atoms with van der Waals surface area (Å²) in [5, 5.41) is 0. The van der Waals surface area contributed by atoms with E-state index in [1.54, 1.807) is 11.8 Å². The van der Waals surface area contributed by atoms with Crippen molar-refractivity contribution in [1.29, 1.82) is 0 Å². The molecule has 5 heteroatoms. The van der Waals surface area contributed by atoms with E-state index in [1.807, 2.05) is 4.90 Å². The van der Waals surface area contributed by atoms with Gasteiger partial charge in [0.15, 0.2) is 0 Å². The molecule has 1 aliphatic carbocycles. The molecule has 112 valence electrons. The Hall–Kier alpha value is -1.10. The average molecular weight is 279 g/mol. The minimum Gasteiger partial charge on any atom is -0.341 e. The number of hydrogen-bond acceptors (Lipinski definition) is 3. The lowest BCUT2D eigenvalue weighted by Crippen LogP contribution is -2.56. The predicted octanol–water partition coefficient (Wildman–Crippen LogP) is 0.552. The highest BCUT2D eigenvalue weighted by Gasteiger charge is 2.37. The van der Waals surface area contributed by atoms with Gasteiger partial charge in [-0.2, -0.15) is 0 Å². The van der Waals surface area contributed by atoms with Crippen molar-refractivity contribution in [3.05, 3.63) is 0 Å². The number of hydrogen-bond donors (Lipinski definition) is 0. The number of amides is 2. The van der Waals surface area contributed by atoms with Crippen molar-refractivity contribution in [3.63, 3.8) is 0 Å². The summed E-state index contributed by atoms with van der Waals surface area (Å²) in [5.74, 6) is 0.396. The van der Waals surface area contributed by atoms with E-state index < -0.39 is 0 Å². The second-order valence-corrected chi connectivity index (χ2v) is 6.42. The molecule has 2 aliphatic heterocycles. The van der Waals surface area contributed by atoms with Crippen LogP contribution in [0.4, 0.5) is 0 Å². The van der Waals surface area contributed by atoms with Gasteiger partial charge in [-0.15, -0.1) is 0 Å². The zero-order chi connectivity index (χ0) is 14.1. The van der Waals surface area contributed by atoms with Crippen molar-refractivity contribution in [2.75, 3.05) is 39.3 Å². The van der Waals surface area contributed by atoms with E-state index in [4.69, 9.17) is 0 Å². The molecular formula is C15H25N3O2. The van der Waals surface area contributed by atoms with Crippen molar-refractivity contribution in [1.82, 2.24) is 14.7 Å². The van der Waals surface area contributed by atoms with E-state index in [0.717, 1.165) is 38.6 Å². The average Bonchev–Trinajstić information content (AvgIpc) is 2.50. The topological polar surface area (TPSA) is 43.9 Å². The van der Waals surface area contributed by atoms with Gasteiger partial charge in [0.25, 0.3) is 0 Å². The first-order valence-corrected chi connectivity index (χ1v) is 7.93. The first-order valence-electron chi connectivity index (χ1n) is 7.93. The fourth-order valence-electron chi connectivity index (χ4n) is 3.42. The molecule has 3 rings (SSSR count). The summed E-state index contributed by atoms with van der Waals surface area (Å²) in [7, 11) is 0. The lowest BCUT2D eigenvalue weighted by Gasteiger charge is -2.40. The zero-order valence-corrected chi connectivity index (χ0v) is 12.4. The number of carbonyl (C=O) groups excluding carboxylic acids is 2. The highest BCUT2D eigenvalue weighted by molar-refractivity contribution is 5.83. The smallest absolute Gasteiger partial charge is 0.229 e. The Labute approximate surface area is 120 Å². The third kappa shape index (κ3) is 2.68. The molecule has 2 amide bonds. The van der Waals surface area contributed by atoms with Crippen molar-refractivity contribution >= 4 is 11.8 Å². The molecule has 0 spiro atoms. The van der Waals surface area contributed by atoms with Gasteiger partial charge < -0.3 is 9.80 Å². The Kier molecular flexibility index (Phi) is 3.96. The summed E-state index contributed by atoms with van der Waals surface area (Å²) < 4.78 is 0. The van der Waals surface area contributed by atoms with Gasteiger partial charge in [-0.3, -0.25) is 14.5 Å². The standard InChI is InChI=1S/C15H25N3O2/c1-12(19)18-10-13(11-18)15(20)17-7-3-6-16(8-9-17)14-4-2-5-14/h13-14H,2-11H2,1H3. The van der Waals surface area contributed by atoms with E-state index in [2.05, 4.69) is 4.90 Å². The first-order chi connectivity index (χ1) is 9.65. The minimum absolute atomic E-state index is 0.0501. The van der Waals surface area contributed by atoms with Crippen molar-refractivity contribution in [2.45, 2.75) is 38.6 Å². The van der Waals surface area contributed by atoms with Crippen LogP contribution in [-0.2, 0) is 9.59 Å². The fourth-order valence-corrected chi connectivity index (χ4v) is 3.42. The molecule has 0 aromatic heterocycles. The lowest BCUT2D eigenvalue weighted by molar-refractivity contribution is -0.147. The predicted molar refractivity (Wildman–Crippen MR) is 76.2 cm³/mol. The molecule has 2 saturated heterocycles. The third-order valence-electron chi connectivity index (χ3n) is 5.11. The zero-order valence-electron chi connectivity index (χ0n) is 12.4. The van der Waals surface area contributed by atoms with Crippen LogP contribution in [0.3, 0.4) is 0 Å². The van der Waals surface area contributed by atoms with Gasteiger partial charge in [0.1, 0.15) is 0 Å². The third-order valence-corrected chi connectivity index (χ3v) is 5.11. The number of carbonyl (C=O) groups is 2. The Morgan fingerprint density at radius 2 is 1.65 bits per heavy atom. The molecule has 0 unspecified atom stereocenters. The number of nitrogens with zero attached hydrogens (tertiary/aromatic N) is 3. The van der Waals surface area contributed by atoms with Crippen molar-refractivity contribution in [3.8, 4) is 0 Å². The van der Waals surface area contributed by atoms with Gasteiger partial charge in [0.2, 0.25) is 11.8 Å². The van der Waals surface area contributed by atoms with Crippen LogP contribution < -0.4 is 0 Å². The van der Waals surface area contributed by atoms with Crippen LogP contribution in [0.2, 0.25) is 0 Å². The van der Waals surface area contributed by atoms with Gasteiger partial charge >= 0.3 is 0 Å². The monoisotopic (exact) mass is 279 g/mol. The molecule has 3 fully saturated rings. The SMILES string of the molecule is CC(=O)N1CC(C(=O)N2CCCN(C3CCC3)CC2)C1. The summed E-state index contributed by atoms with van der Waals surface area (Å²) in [6, 6.07) is 0.780. The molecule has 0 aromatic carbocycles. The summed E-state index contributed by atoms with van der Waals surface area (Å²) in [6.45, 7) is 6.74. The molecule has 2 heterocycles. The van der Waals surface area contributed by atoms with Crippen LogP contribution in [0.1, 0.15) is 32.6 Å². The lowest BCUT2D eigenvalue weighted by atomic mass is 9.91. The molecule has 0 radical (unpaired) electrons. The maximum Gasteiger partial charge on any atom is 0.229 e. The van der Waals surface area contributed by atoms with E-state index >= 15 is 0 Å². The molecular weight excluding hydrogens is 254 g/mol. The molecule has 0 aromatic rings. The van der Waals surface area contributed by atoms with Crippen LogP contribution in [0.15, 0.2) is 0 Å². The highest BCUT2D eigenvalue weighted by atomic mass is 16.2.